The number of hydrogen-bond donors (Lipinski definition) is 0. The predicted octanol–water partition coefficient (Wildman–Crippen LogP) is 5.50. The molecule has 0 radical (unpaired) electrons. The van der Waals surface area contributed by atoms with E-state index < -0.39 is 0 Å². The molecule has 0 bridgehead atoms. The summed E-state index contributed by atoms with van der Waals surface area (Å²) < 4.78 is 0. The molecular weight excluding hydrogens is 228 g/mol. The second kappa shape index (κ2) is 6.55. The molecule has 0 saturated heterocycles. The van der Waals surface area contributed by atoms with Gasteiger partial charge in [0.05, 0.1) is 0 Å². The van der Waals surface area contributed by atoms with Crippen LogP contribution < -0.4 is 0 Å². The largest absolute Gasteiger partial charge is 0.0990 e. The highest BCUT2D eigenvalue weighted by atomic mass is 14.0. The average Bonchev–Trinajstić information content (AvgIpc) is 2.48. The van der Waals surface area contributed by atoms with Crippen molar-refractivity contribution >= 4 is 5.57 Å². The Balaban J connectivity index is 2.33. The van der Waals surface area contributed by atoms with Crippen molar-refractivity contribution in [1.29, 1.82) is 0 Å². The molecule has 0 saturated carbocycles. The van der Waals surface area contributed by atoms with Gasteiger partial charge in [-0.15, -0.1) is 0 Å². The Morgan fingerprint density at radius 1 is 0.895 bits per heavy atom. The van der Waals surface area contributed by atoms with Crippen molar-refractivity contribution in [2.45, 2.75) is 6.92 Å². The van der Waals surface area contributed by atoms with E-state index in [1.165, 1.54) is 22.3 Å². The molecule has 2 rings (SSSR count). The number of rotatable bonds is 4. The van der Waals surface area contributed by atoms with Gasteiger partial charge < -0.3 is 0 Å². The summed E-state index contributed by atoms with van der Waals surface area (Å²) in [5.74, 6) is 0. The monoisotopic (exact) mass is 246 g/mol. The number of hydrogen-bond acceptors (Lipinski definition) is 0. The van der Waals surface area contributed by atoms with Crippen molar-refractivity contribution in [2.24, 2.45) is 0 Å². The maximum atomic E-state index is 3.76. The molecule has 0 aliphatic carbocycles. The zero-order chi connectivity index (χ0) is 13.5. The van der Waals surface area contributed by atoms with Crippen LogP contribution in [0.15, 0.2) is 85.5 Å². The van der Waals surface area contributed by atoms with Crippen LogP contribution in [0.1, 0.15) is 12.5 Å². The Kier molecular flexibility index (Phi) is 4.52. The molecule has 2 aromatic rings. The van der Waals surface area contributed by atoms with E-state index in [2.05, 4.69) is 61.2 Å². The molecule has 0 fully saturated rings. The van der Waals surface area contributed by atoms with Crippen LogP contribution in [-0.2, 0) is 0 Å². The highest BCUT2D eigenvalue weighted by Gasteiger charge is 1.99. The fourth-order valence-corrected chi connectivity index (χ4v) is 2.04. The zero-order valence-electron chi connectivity index (χ0n) is 11.2. The van der Waals surface area contributed by atoms with Crippen LogP contribution >= 0.6 is 0 Å². The van der Waals surface area contributed by atoms with Crippen LogP contribution in [0.5, 0.6) is 0 Å². The van der Waals surface area contributed by atoms with Gasteiger partial charge in [0.15, 0.2) is 0 Å². The molecule has 0 aliphatic heterocycles. The molecule has 0 heterocycles. The van der Waals surface area contributed by atoms with Crippen LogP contribution in [0, 0.1) is 0 Å². The molecule has 19 heavy (non-hydrogen) atoms. The van der Waals surface area contributed by atoms with Gasteiger partial charge in [0.1, 0.15) is 0 Å². The number of benzene rings is 2. The third kappa shape index (κ3) is 3.32. The summed E-state index contributed by atoms with van der Waals surface area (Å²) in [6.45, 7) is 5.79. The van der Waals surface area contributed by atoms with Gasteiger partial charge in [-0.3, -0.25) is 0 Å². The molecule has 0 spiro atoms. The maximum Gasteiger partial charge on any atom is -0.0184 e. The summed E-state index contributed by atoms with van der Waals surface area (Å²) in [6, 6.07) is 19.0. The highest BCUT2D eigenvalue weighted by Crippen LogP contribution is 2.23. The minimum Gasteiger partial charge on any atom is -0.0990 e. The van der Waals surface area contributed by atoms with Crippen LogP contribution in [0.2, 0.25) is 0 Å². The van der Waals surface area contributed by atoms with Crippen LogP contribution in [0.4, 0.5) is 0 Å². The van der Waals surface area contributed by atoms with Crippen LogP contribution in [-0.4, -0.2) is 0 Å². The molecule has 0 heteroatoms. The summed E-state index contributed by atoms with van der Waals surface area (Å²) >= 11 is 0. The van der Waals surface area contributed by atoms with Crippen molar-refractivity contribution in [1.82, 2.24) is 0 Å². The Morgan fingerprint density at radius 3 is 2.11 bits per heavy atom. The second-order valence-electron chi connectivity index (χ2n) is 4.30. The predicted molar refractivity (Wildman–Crippen MR) is 84.9 cm³/mol. The minimum atomic E-state index is 1.18. The minimum absolute atomic E-state index is 1.18. The van der Waals surface area contributed by atoms with Gasteiger partial charge in [-0.25, -0.2) is 0 Å². The fraction of sp³-hybridized carbons (Fsp3) is 0.0526. The maximum absolute atomic E-state index is 3.76. The Morgan fingerprint density at radius 2 is 1.53 bits per heavy atom. The van der Waals surface area contributed by atoms with Crippen LogP contribution in [0.25, 0.3) is 16.7 Å². The first-order valence-corrected chi connectivity index (χ1v) is 6.46. The molecule has 0 aromatic heterocycles. The molecule has 0 aliphatic rings. The van der Waals surface area contributed by atoms with E-state index in [9.17, 15) is 0 Å². The van der Waals surface area contributed by atoms with E-state index in [0.29, 0.717) is 0 Å². The molecule has 0 nitrogen and oxygen atoms in total. The third-order valence-electron chi connectivity index (χ3n) is 2.97. The van der Waals surface area contributed by atoms with Gasteiger partial charge in [0, 0.05) is 0 Å². The molecular formula is C19H18. The van der Waals surface area contributed by atoms with Crippen molar-refractivity contribution < 1.29 is 0 Å². The van der Waals surface area contributed by atoms with Crippen molar-refractivity contribution in [3.8, 4) is 11.1 Å². The molecule has 0 N–H and O–H groups in total. The van der Waals surface area contributed by atoms with Crippen molar-refractivity contribution in [3.63, 3.8) is 0 Å². The Labute approximate surface area is 115 Å². The molecule has 94 valence electrons. The topological polar surface area (TPSA) is 0 Å². The summed E-state index contributed by atoms with van der Waals surface area (Å²) in [6.07, 6.45) is 7.98. The lowest BCUT2D eigenvalue weighted by molar-refractivity contribution is 1.57. The summed E-state index contributed by atoms with van der Waals surface area (Å²) in [7, 11) is 0. The van der Waals surface area contributed by atoms with Gasteiger partial charge in [0.25, 0.3) is 0 Å². The molecule has 2 aromatic carbocycles. The second-order valence-corrected chi connectivity index (χ2v) is 4.30. The van der Waals surface area contributed by atoms with E-state index in [0.717, 1.165) is 0 Å². The normalized spacial score (nSPS) is 11.7. The van der Waals surface area contributed by atoms with Crippen molar-refractivity contribution in [3.05, 3.63) is 91.0 Å². The first-order valence-electron chi connectivity index (χ1n) is 6.46. The lowest BCUT2D eigenvalue weighted by atomic mass is 10.00. The summed E-state index contributed by atoms with van der Waals surface area (Å²) in [4.78, 5) is 0. The quantitative estimate of drug-likeness (QED) is 0.625. The van der Waals surface area contributed by atoms with Gasteiger partial charge in [-0.2, -0.15) is 0 Å². The van der Waals surface area contributed by atoms with Crippen molar-refractivity contribution in [2.75, 3.05) is 0 Å². The average molecular weight is 246 g/mol. The smallest absolute Gasteiger partial charge is 0.0184 e. The van der Waals surface area contributed by atoms with E-state index >= 15 is 0 Å². The van der Waals surface area contributed by atoms with Gasteiger partial charge in [-0.1, -0.05) is 85.5 Å². The summed E-state index contributed by atoms with van der Waals surface area (Å²) in [5.41, 5.74) is 4.87. The van der Waals surface area contributed by atoms with Crippen LogP contribution in [0.3, 0.4) is 0 Å². The zero-order valence-corrected chi connectivity index (χ0v) is 11.2. The highest BCUT2D eigenvalue weighted by molar-refractivity contribution is 5.77. The Bertz CT molecular complexity index is 584. The third-order valence-corrected chi connectivity index (χ3v) is 2.97. The summed E-state index contributed by atoms with van der Waals surface area (Å²) in [5, 5.41) is 0. The van der Waals surface area contributed by atoms with E-state index in [1.54, 1.807) is 0 Å². The molecule has 0 amide bonds. The van der Waals surface area contributed by atoms with Gasteiger partial charge >= 0.3 is 0 Å². The SMILES string of the molecule is C=C/C=C(\C=C/C)c1ccc(-c2ccccc2)cc1. The van der Waals surface area contributed by atoms with E-state index in [4.69, 9.17) is 0 Å². The molecule has 0 unspecified atom stereocenters. The fourth-order valence-electron chi connectivity index (χ4n) is 2.04. The first kappa shape index (κ1) is 13.1. The molecule has 0 atom stereocenters. The van der Waals surface area contributed by atoms with Gasteiger partial charge in [-0.05, 0) is 29.2 Å². The van der Waals surface area contributed by atoms with Gasteiger partial charge in [0.2, 0.25) is 0 Å². The standard InChI is InChI=1S/C19H18/c1-3-8-16(9-4-2)18-12-14-19(15-13-18)17-10-6-5-7-11-17/h3-15H,1H2,2H3/b9-4-,16-8+. The lowest BCUT2D eigenvalue weighted by Gasteiger charge is -2.05. The van der Waals surface area contributed by atoms with E-state index in [-0.39, 0.29) is 0 Å². The Hall–Kier alpha value is -2.34. The first-order chi connectivity index (χ1) is 9.35. The lowest BCUT2D eigenvalue weighted by Crippen LogP contribution is -1.82. The van der Waals surface area contributed by atoms with E-state index in [1.807, 2.05) is 31.2 Å². The number of allylic oxidation sites excluding steroid dienone is 5.